The van der Waals surface area contributed by atoms with Crippen molar-refractivity contribution in [3.05, 3.63) is 0 Å². The van der Waals surface area contributed by atoms with Crippen LogP contribution in [0.1, 0.15) is 32.6 Å². The van der Waals surface area contributed by atoms with Crippen LogP contribution in [-0.4, -0.2) is 44.3 Å². The molecule has 0 spiro atoms. The highest BCUT2D eigenvalue weighted by Crippen LogP contribution is 2.13. The summed E-state index contributed by atoms with van der Waals surface area (Å²) in [4.78, 5) is 2.53. The lowest BCUT2D eigenvalue weighted by Gasteiger charge is -2.32. The van der Waals surface area contributed by atoms with Gasteiger partial charge < -0.3 is 15.4 Å². The molecule has 1 rings (SSSR count). The molecule has 3 heteroatoms. The summed E-state index contributed by atoms with van der Waals surface area (Å²) in [5, 5.41) is 0. The minimum absolute atomic E-state index is 0.464. The molecular formula is C12H26N2O. The smallest absolute Gasteiger partial charge is 0.0698 e. The molecule has 0 amide bonds. The second-order valence-electron chi connectivity index (χ2n) is 4.78. The first-order valence-corrected chi connectivity index (χ1v) is 6.21. The van der Waals surface area contributed by atoms with Gasteiger partial charge in [0.1, 0.15) is 0 Å². The van der Waals surface area contributed by atoms with Gasteiger partial charge in [-0.3, -0.25) is 0 Å². The molecule has 2 unspecified atom stereocenters. The van der Waals surface area contributed by atoms with Crippen molar-refractivity contribution in [2.75, 3.05) is 33.3 Å². The summed E-state index contributed by atoms with van der Waals surface area (Å²) in [6.45, 7) is 6.63. The number of likely N-dealkylation sites (tertiary alicyclic amines) is 1. The lowest BCUT2D eigenvalue weighted by Crippen LogP contribution is -2.39. The van der Waals surface area contributed by atoms with Crippen molar-refractivity contribution in [3.63, 3.8) is 0 Å². The van der Waals surface area contributed by atoms with Gasteiger partial charge in [-0.2, -0.15) is 0 Å². The lowest BCUT2D eigenvalue weighted by molar-refractivity contribution is 0.0306. The number of rotatable bonds is 6. The van der Waals surface area contributed by atoms with Gasteiger partial charge in [0.15, 0.2) is 0 Å². The first-order valence-electron chi connectivity index (χ1n) is 6.21. The van der Waals surface area contributed by atoms with E-state index in [1.807, 2.05) is 7.11 Å². The fraction of sp³-hybridized carbons (Fsp3) is 1.00. The summed E-state index contributed by atoms with van der Waals surface area (Å²) >= 11 is 0. The maximum atomic E-state index is 5.60. The minimum atomic E-state index is 0.464. The van der Waals surface area contributed by atoms with E-state index in [9.17, 15) is 0 Å². The zero-order chi connectivity index (χ0) is 11.1. The van der Waals surface area contributed by atoms with Crippen molar-refractivity contribution in [3.8, 4) is 0 Å². The van der Waals surface area contributed by atoms with Gasteiger partial charge in [-0.15, -0.1) is 0 Å². The zero-order valence-corrected chi connectivity index (χ0v) is 10.2. The number of nitrogens with two attached hydrogens (primary N) is 1. The van der Waals surface area contributed by atoms with Crippen molar-refractivity contribution in [2.45, 2.75) is 38.7 Å². The fourth-order valence-electron chi connectivity index (χ4n) is 2.19. The second kappa shape index (κ2) is 7.20. The number of nitrogens with zero attached hydrogens (tertiary/aromatic N) is 1. The second-order valence-corrected chi connectivity index (χ2v) is 4.78. The molecule has 1 aliphatic rings. The minimum Gasteiger partial charge on any atom is -0.380 e. The van der Waals surface area contributed by atoms with E-state index >= 15 is 0 Å². The van der Waals surface area contributed by atoms with Crippen molar-refractivity contribution in [1.29, 1.82) is 0 Å². The van der Waals surface area contributed by atoms with Crippen LogP contribution in [0.2, 0.25) is 0 Å². The summed E-state index contributed by atoms with van der Waals surface area (Å²) in [6, 6.07) is 0. The molecule has 1 aliphatic heterocycles. The Morgan fingerprint density at radius 1 is 1.53 bits per heavy atom. The Labute approximate surface area is 94.0 Å². The number of ether oxygens (including phenoxy) is 1. The lowest BCUT2D eigenvalue weighted by atomic mass is 10.0. The maximum Gasteiger partial charge on any atom is 0.0698 e. The van der Waals surface area contributed by atoms with Crippen LogP contribution in [0.3, 0.4) is 0 Å². The van der Waals surface area contributed by atoms with E-state index in [2.05, 4.69) is 11.8 Å². The Bertz CT molecular complexity index is 164. The number of hydrogen-bond acceptors (Lipinski definition) is 3. The predicted octanol–water partition coefficient (Wildman–Crippen LogP) is 1.47. The quantitative estimate of drug-likeness (QED) is 0.728. The van der Waals surface area contributed by atoms with Gasteiger partial charge in [-0.1, -0.05) is 6.92 Å². The molecule has 0 radical (unpaired) electrons. The van der Waals surface area contributed by atoms with Crippen LogP contribution in [0.5, 0.6) is 0 Å². The third-order valence-electron chi connectivity index (χ3n) is 3.37. The molecule has 0 aliphatic carbocycles. The Kier molecular flexibility index (Phi) is 6.22. The first kappa shape index (κ1) is 12.9. The summed E-state index contributed by atoms with van der Waals surface area (Å²) in [7, 11) is 1.82. The van der Waals surface area contributed by atoms with Crippen LogP contribution in [0.25, 0.3) is 0 Å². The monoisotopic (exact) mass is 214 g/mol. The normalized spacial score (nSPS) is 25.4. The van der Waals surface area contributed by atoms with E-state index in [4.69, 9.17) is 10.5 Å². The van der Waals surface area contributed by atoms with Gasteiger partial charge in [0.2, 0.25) is 0 Å². The van der Waals surface area contributed by atoms with Gasteiger partial charge in [0, 0.05) is 13.7 Å². The third-order valence-corrected chi connectivity index (χ3v) is 3.37. The molecule has 0 saturated carbocycles. The van der Waals surface area contributed by atoms with E-state index in [0.717, 1.165) is 13.1 Å². The van der Waals surface area contributed by atoms with Crippen LogP contribution in [0.15, 0.2) is 0 Å². The molecule has 90 valence electrons. The van der Waals surface area contributed by atoms with Gasteiger partial charge in [-0.25, -0.2) is 0 Å². The molecule has 3 nitrogen and oxygen atoms in total. The highest BCUT2D eigenvalue weighted by Gasteiger charge is 2.18. The summed E-state index contributed by atoms with van der Waals surface area (Å²) < 4.78 is 5.41. The molecule has 1 saturated heterocycles. The first-order chi connectivity index (χ1) is 7.26. The molecule has 0 aromatic carbocycles. The van der Waals surface area contributed by atoms with E-state index in [-0.39, 0.29) is 0 Å². The van der Waals surface area contributed by atoms with Gasteiger partial charge in [0.05, 0.1) is 6.10 Å². The number of piperidine rings is 1. The van der Waals surface area contributed by atoms with E-state index in [1.54, 1.807) is 0 Å². The standard InChI is InChI=1S/C12H26N2O/c1-11(9-13)5-3-7-14-8-4-6-12(10-14)15-2/h11-12H,3-10,13H2,1-2H3. The van der Waals surface area contributed by atoms with Crippen LogP contribution in [-0.2, 0) is 4.74 Å². The summed E-state index contributed by atoms with van der Waals surface area (Å²) in [6.07, 6.45) is 5.50. The van der Waals surface area contributed by atoms with Crippen LogP contribution < -0.4 is 5.73 Å². The Hall–Kier alpha value is -0.120. The molecule has 0 aromatic rings. The summed E-state index contributed by atoms with van der Waals surface area (Å²) in [5.41, 5.74) is 5.60. The molecule has 2 N–H and O–H groups in total. The average molecular weight is 214 g/mol. The number of hydrogen-bond donors (Lipinski definition) is 1. The van der Waals surface area contributed by atoms with Gasteiger partial charge in [-0.05, 0) is 51.2 Å². The third kappa shape index (κ3) is 4.96. The van der Waals surface area contributed by atoms with Crippen LogP contribution in [0, 0.1) is 5.92 Å². The predicted molar refractivity (Wildman–Crippen MR) is 63.9 cm³/mol. The van der Waals surface area contributed by atoms with Crippen molar-refractivity contribution in [2.24, 2.45) is 11.7 Å². The molecule has 0 aromatic heterocycles. The van der Waals surface area contributed by atoms with E-state index in [0.29, 0.717) is 12.0 Å². The molecule has 0 bridgehead atoms. The van der Waals surface area contributed by atoms with Crippen LogP contribution in [0.4, 0.5) is 0 Å². The SMILES string of the molecule is COC1CCCN(CCCC(C)CN)C1. The van der Waals surface area contributed by atoms with Crippen molar-refractivity contribution in [1.82, 2.24) is 4.90 Å². The fourth-order valence-corrected chi connectivity index (χ4v) is 2.19. The molecule has 15 heavy (non-hydrogen) atoms. The van der Waals surface area contributed by atoms with E-state index in [1.165, 1.54) is 38.8 Å². The topological polar surface area (TPSA) is 38.5 Å². The Morgan fingerprint density at radius 2 is 2.33 bits per heavy atom. The molecular weight excluding hydrogens is 188 g/mol. The number of methoxy groups -OCH3 is 1. The summed E-state index contributed by atoms with van der Waals surface area (Å²) in [5.74, 6) is 0.674. The molecule has 1 fully saturated rings. The van der Waals surface area contributed by atoms with Gasteiger partial charge >= 0.3 is 0 Å². The maximum absolute atomic E-state index is 5.60. The Balaban J connectivity index is 2.10. The highest BCUT2D eigenvalue weighted by molar-refractivity contribution is 4.73. The average Bonchev–Trinajstić information content (AvgIpc) is 2.29. The van der Waals surface area contributed by atoms with E-state index < -0.39 is 0 Å². The van der Waals surface area contributed by atoms with Crippen molar-refractivity contribution < 1.29 is 4.74 Å². The zero-order valence-electron chi connectivity index (χ0n) is 10.2. The largest absolute Gasteiger partial charge is 0.380 e. The molecule has 1 heterocycles. The van der Waals surface area contributed by atoms with Crippen LogP contribution >= 0.6 is 0 Å². The van der Waals surface area contributed by atoms with Crippen molar-refractivity contribution >= 4 is 0 Å². The molecule has 2 atom stereocenters. The highest BCUT2D eigenvalue weighted by atomic mass is 16.5. The van der Waals surface area contributed by atoms with Gasteiger partial charge in [0.25, 0.3) is 0 Å². The Morgan fingerprint density at radius 3 is 3.00 bits per heavy atom.